The van der Waals surface area contributed by atoms with Gasteiger partial charge in [-0.2, -0.15) is 0 Å². The molecule has 3 atom stereocenters. The summed E-state index contributed by atoms with van der Waals surface area (Å²) in [5.74, 6) is 0.376. The lowest BCUT2D eigenvalue weighted by atomic mass is 9.91. The van der Waals surface area contributed by atoms with E-state index < -0.39 is 18.2 Å². The van der Waals surface area contributed by atoms with Gasteiger partial charge in [0.25, 0.3) is 0 Å². The molecule has 0 bridgehead atoms. The van der Waals surface area contributed by atoms with E-state index in [9.17, 15) is 14.7 Å². The second-order valence-electron chi connectivity index (χ2n) is 7.19. The van der Waals surface area contributed by atoms with Crippen LogP contribution in [0.15, 0.2) is 60.4 Å². The van der Waals surface area contributed by atoms with Crippen molar-refractivity contribution in [3.8, 4) is 5.75 Å². The maximum Gasteiger partial charge on any atom is 0.353 e. The average molecular weight is 398 g/mol. The van der Waals surface area contributed by atoms with Crippen molar-refractivity contribution < 1.29 is 24.2 Å². The van der Waals surface area contributed by atoms with E-state index in [1.165, 1.54) is 7.11 Å². The lowest BCUT2D eigenvalue weighted by Crippen LogP contribution is -2.48. The van der Waals surface area contributed by atoms with E-state index in [1.54, 1.807) is 30.3 Å². The zero-order valence-corrected chi connectivity index (χ0v) is 17.2. The van der Waals surface area contributed by atoms with E-state index >= 15 is 0 Å². The molecule has 1 aliphatic rings. The third kappa shape index (κ3) is 6.18. The molecule has 1 saturated carbocycles. The molecular weight excluding hydrogens is 368 g/mol. The second-order valence-corrected chi connectivity index (χ2v) is 7.19. The molecule has 5 heteroatoms. The molecule has 29 heavy (non-hydrogen) atoms. The van der Waals surface area contributed by atoms with Crippen LogP contribution in [-0.4, -0.2) is 36.2 Å². The van der Waals surface area contributed by atoms with Gasteiger partial charge in [-0.25, -0.2) is 4.79 Å². The highest BCUT2D eigenvalue weighted by Crippen LogP contribution is 2.32. The van der Waals surface area contributed by atoms with Crippen LogP contribution in [0.4, 0.5) is 0 Å². The van der Waals surface area contributed by atoms with E-state index in [1.807, 2.05) is 12.1 Å². The number of para-hydroxylation sites is 1. The van der Waals surface area contributed by atoms with Crippen LogP contribution < -0.4 is 4.74 Å². The number of Topliss-reactive ketones (excluding diaryl/α,β-unsaturated/α-hetero) is 1. The molecule has 0 aliphatic heterocycles. The van der Waals surface area contributed by atoms with Gasteiger partial charge in [-0.15, -0.1) is 5.73 Å². The number of ether oxygens (including phenoxy) is 2. The minimum atomic E-state index is -1.54. The minimum Gasteiger partial charge on any atom is -0.473 e. The molecule has 0 radical (unpaired) electrons. The molecule has 2 rings (SSSR count). The van der Waals surface area contributed by atoms with Crippen LogP contribution in [0.3, 0.4) is 0 Å². The van der Waals surface area contributed by atoms with Gasteiger partial charge < -0.3 is 14.6 Å². The monoisotopic (exact) mass is 398 g/mol. The number of esters is 1. The first-order valence-electron chi connectivity index (χ1n) is 10.1. The van der Waals surface area contributed by atoms with Crippen LogP contribution in [0.2, 0.25) is 0 Å². The molecule has 1 aromatic rings. The van der Waals surface area contributed by atoms with Crippen molar-refractivity contribution in [2.75, 3.05) is 13.7 Å². The Kier molecular flexibility index (Phi) is 8.91. The van der Waals surface area contributed by atoms with Crippen LogP contribution in [0.25, 0.3) is 0 Å². The topological polar surface area (TPSA) is 72.8 Å². The Morgan fingerprint density at radius 2 is 2.07 bits per heavy atom. The summed E-state index contributed by atoms with van der Waals surface area (Å²) in [4.78, 5) is 24.5. The molecule has 1 unspecified atom stereocenters. The van der Waals surface area contributed by atoms with Gasteiger partial charge in [0.1, 0.15) is 11.5 Å². The normalized spacial score (nSPS) is 20.7. The van der Waals surface area contributed by atoms with Crippen molar-refractivity contribution in [1.29, 1.82) is 0 Å². The van der Waals surface area contributed by atoms with E-state index in [-0.39, 0.29) is 18.3 Å². The molecule has 0 spiro atoms. The quantitative estimate of drug-likeness (QED) is 0.366. The summed E-state index contributed by atoms with van der Waals surface area (Å²) in [5, 5.41) is 9.88. The highest BCUT2D eigenvalue weighted by molar-refractivity contribution is 5.84. The summed E-state index contributed by atoms with van der Waals surface area (Å²) in [7, 11) is 1.26. The predicted octanol–water partition coefficient (Wildman–Crippen LogP) is 4.02. The van der Waals surface area contributed by atoms with Crippen LogP contribution in [-0.2, 0) is 14.3 Å². The van der Waals surface area contributed by atoms with Gasteiger partial charge in [0, 0.05) is 18.8 Å². The Bertz CT molecular complexity index is 761. The van der Waals surface area contributed by atoms with Crippen LogP contribution in [0.1, 0.15) is 39.0 Å². The maximum atomic E-state index is 12.3. The number of carbonyl (C=O) groups excluding carboxylic acids is 2. The minimum absolute atomic E-state index is 0.0116. The average Bonchev–Trinajstić information content (AvgIpc) is 3.10. The molecule has 0 amide bonds. The first-order chi connectivity index (χ1) is 14.1. The fourth-order valence-corrected chi connectivity index (χ4v) is 3.51. The first kappa shape index (κ1) is 22.7. The van der Waals surface area contributed by atoms with Crippen LogP contribution in [0.5, 0.6) is 5.75 Å². The molecule has 0 aromatic heterocycles. The van der Waals surface area contributed by atoms with Gasteiger partial charge in [0.15, 0.2) is 0 Å². The SMILES string of the molecule is CC/C=C/[C@H]1CCC(=O)[C@@H]1CC=C=CCC(C[16OH])(Oc1ccccc1)C(=O)OC. The summed E-state index contributed by atoms with van der Waals surface area (Å²) in [6, 6.07) is 8.83. The smallest absolute Gasteiger partial charge is 0.353 e. The fraction of sp³-hybridized carbons (Fsp3) is 0.458. The van der Waals surface area contributed by atoms with Gasteiger partial charge in [-0.1, -0.05) is 37.3 Å². The van der Waals surface area contributed by atoms with E-state index in [4.69, 9.17) is 9.47 Å². The van der Waals surface area contributed by atoms with Gasteiger partial charge in [-0.3, -0.25) is 4.79 Å². The molecule has 5 nitrogen and oxygen atoms in total. The van der Waals surface area contributed by atoms with Crippen molar-refractivity contribution in [2.24, 2.45) is 11.8 Å². The second kappa shape index (κ2) is 11.4. The number of methoxy groups -OCH3 is 1. The molecule has 1 aliphatic carbocycles. The molecule has 1 N–H and O–H groups in total. The highest BCUT2D eigenvalue weighted by atomic mass is 16.6. The third-order valence-electron chi connectivity index (χ3n) is 5.18. The number of ketones is 1. The molecule has 0 heterocycles. The van der Waals surface area contributed by atoms with Crippen molar-refractivity contribution in [3.05, 3.63) is 60.4 Å². The Morgan fingerprint density at radius 1 is 1.31 bits per heavy atom. The van der Waals surface area contributed by atoms with E-state index in [2.05, 4.69) is 24.8 Å². The van der Waals surface area contributed by atoms with Gasteiger partial charge in [0.2, 0.25) is 5.60 Å². The number of aliphatic hydroxyl groups excluding tert-OH is 1. The van der Waals surface area contributed by atoms with Crippen LogP contribution >= 0.6 is 0 Å². The Morgan fingerprint density at radius 3 is 2.72 bits per heavy atom. The van der Waals surface area contributed by atoms with Crippen molar-refractivity contribution in [1.82, 2.24) is 0 Å². The highest BCUT2D eigenvalue weighted by Gasteiger charge is 2.41. The lowest BCUT2D eigenvalue weighted by molar-refractivity contribution is -0.162. The van der Waals surface area contributed by atoms with Crippen molar-refractivity contribution >= 4 is 11.8 Å². The van der Waals surface area contributed by atoms with Crippen molar-refractivity contribution in [3.63, 3.8) is 0 Å². The van der Waals surface area contributed by atoms with Crippen LogP contribution in [0, 0.1) is 11.8 Å². The molecular formula is C24H30O5. The Hall–Kier alpha value is -2.62. The van der Waals surface area contributed by atoms with E-state index in [0.717, 1.165) is 12.8 Å². The summed E-state index contributed by atoms with van der Waals surface area (Å²) in [5.41, 5.74) is 1.50. The summed E-state index contributed by atoms with van der Waals surface area (Å²) < 4.78 is 10.6. The zero-order valence-electron chi connectivity index (χ0n) is 17.2. The molecule has 156 valence electrons. The number of hydrogen-bond donors (Lipinski definition) is 1. The third-order valence-corrected chi connectivity index (χ3v) is 5.18. The number of hydrogen-bond acceptors (Lipinski definition) is 5. The number of carbonyl (C=O) groups is 2. The summed E-state index contributed by atoms with van der Waals surface area (Å²) in [6.07, 6.45) is 10.9. The van der Waals surface area contributed by atoms with Gasteiger partial charge >= 0.3 is 5.97 Å². The standard InChI is InChI=1S/C24H30O5/c1-3-4-11-19-15-16-22(26)21(19)14-9-6-10-17-24(18-25,23(27)28-2)29-20-12-7-5-8-13-20/h4-5,7-13,19,21,25H,3,14-18H2,1-2H3/b11-4+/t6?,19-,21+,24?/m0/s1/i25+0. The predicted molar refractivity (Wildman–Crippen MR) is 111 cm³/mol. The molecule has 1 aromatic carbocycles. The number of aliphatic hydroxyl groups is 1. The first-order valence-corrected chi connectivity index (χ1v) is 10.1. The number of allylic oxidation sites excluding steroid dienone is 2. The Labute approximate surface area is 172 Å². The lowest BCUT2D eigenvalue weighted by Gasteiger charge is -2.28. The number of rotatable bonds is 10. The fourth-order valence-electron chi connectivity index (χ4n) is 3.51. The van der Waals surface area contributed by atoms with Gasteiger partial charge in [0.05, 0.1) is 13.7 Å². The summed E-state index contributed by atoms with van der Waals surface area (Å²) >= 11 is 0. The maximum absolute atomic E-state index is 12.3. The Balaban J connectivity index is 2.07. The largest absolute Gasteiger partial charge is 0.473 e. The zero-order chi connectivity index (χ0) is 21.1. The number of benzene rings is 1. The van der Waals surface area contributed by atoms with E-state index in [0.29, 0.717) is 24.4 Å². The summed E-state index contributed by atoms with van der Waals surface area (Å²) in [6.45, 7) is 1.55. The molecule has 1 fully saturated rings. The van der Waals surface area contributed by atoms with Gasteiger partial charge in [-0.05, 0) is 49.5 Å². The van der Waals surface area contributed by atoms with Crippen molar-refractivity contribution in [2.45, 2.75) is 44.6 Å². The molecule has 0 saturated heterocycles.